The van der Waals surface area contributed by atoms with Gasteiger partial charge in [0.15, 0.2) is 0 Å². The first-order valence-electron chi connectivity index (χ1n) is 4.85. The Morgan fingerprint density at radius 2 is 2.29 bits per heavy atom. The summed E-state index contributed by atoms with van der Waals surface area (Å²) in [6, 6.07) is 4.79. The van der Waals surface area contributed by atoms with Crippen LogP contribution < -0.4 is 5.32 Å². The second-order valence-electron chi connectivity index (χ2n) is 3.52. The molecule has 5 nitrogen and oxygen atoms in total. The molecule has 2 N–H and O–H groups in total. The Kier molecular flexibility index (Phi) is 3.32. The van der Waals surface area contributed by atoms with Crippen molar-refractivity contribution in [2.75, 3.05) is 5.32 Å². The highest BCUT2D eigenvalue weighted by Gasteiger charge is 2.09. The van der Waals surface area contributed by atoms with E-state index >= 15 is 0 Å². The maximum Gasteiger partial charge on any atom is 0.255 e. The molecule has 1 amide bonds. The van der Waals surface area contributed by atoms with E-state index in [0.717, 1.165) is 0 Å². The average Bonchev–Trinajstić information content (AvgIpc) is 2.68. The molecule has 88 valence electrons. The first-order chi connectivity index (χ1) is 8.06. The number of benzene rings is 1. The maximum atomic E-state index is 11.8. The van der Waals surface area contributed by atoms with Crippen LogP contribution in [0.3, 0.4) is 0 Å². The van der Waals surface area contributed by atoms with E-state index in [1.165, 1.54) is 6.07 Å². The van der Waals surface area contributed by atoms with Crippen molar-refractivity contribution < 1.29 is 9.90 Å². The van der Waals surface area contributed by atoms with E-state index < -0.39 is 0 Å². The largest absolute Gasteiger partial charge is 0.507 e. The minimum absolute atomic E-state index is 0.101. The van der Waals surface area contributed by atoms with Crippen LogP contribution in [0.2, 0.25) is 0 Å². The number of hydrogen-bond acceptors (Lipinski definition) is 3. The van der Waals surface area contributed by atoms with Gasteiger partial charge in [0.25, 0.3) is 5.91 Å². The van der Waals surface area contributed by atoms with Crippen molar-refractivity contribution in [1.82, 2.24) is 9.78 Å². The lowest BCUT2D eigenvalue weighted by Crippen LogP contribution is -2.11. The van der Waals surface area contributed by atoms with E-state index in [4.69, 9.17) is 0 Å². The standard InChI is InChI=1S/C11H10IN3O2/c1-15-6-8(5-13-15)14-11(17)7-2-3-9(12)10(16)4-7/h2-6,16H,1H3,(H,14,17). The summed E-state index contributed by atoms with van der Waals surface area (Å²) in [5.74, 6) is -0.172. The Balaban J connectivity index is 2.17. The van der Waals surface area contributed by atoms with Crippen molar-refractivity contribution in [1.29, 1.82) is 0 Å². The van der Waals surface area contributed by atoms with Crippen molar-refractivity contribution in [3.8, 4) is 5.75 Å². The summed E-state index contributed by atoms with van der Waals surface area (Å²) in [6.45, 7) is 0. The normalized spacial score (nSPS) is 10.2. The third-order valence-electron chi connectivity index (χ3n) is 2.17. The van der Waals surface area contributed by atoms with Gasteiger partial charge in [-0.05, 0) is 40.8 Å². The molecule has 0 radical (unpaired) electrons. The number of nitrogens with zero attached hydrogens (tertiary/aromatic N) is 2. The highest BCUT2D eigenvalue weighted by molar-refractivity contribution is 14.1. The van der Waals surface area contributed by atoms with Gasteiger partial charge >= 0.3 is 0 Å². The minimum atomic E-state index is -0.273. The second-order valence-corrected chi connectivity index (χ2v) is 4.69. The Labute approximate surface area is 112 Å². The molecule has 0 atom stereocenters. The van der Waals surface area contributed by atoms with E-state index in [1.807, 2.05) is 22.6 Å². The van der Waals surface area contributed by atoms with Crippen molar-refractivity contribution >= 4 is 34.2 Å². The second kappa shape index (κ2) is 4.74. The first-order valence-corrected chi connectivity index (χ1v) is 5.92. The van der Waals surface area contributed by atoms with E-state index in [0.29, 0.717) is 14.8 Å². The molecule has 6 heteroatoms. The maximum absolute atomic E-state index is 11.8. The predicted octanol–water partition coefficient (Wildman–Crippen LogP) is 1.98. The molecule has 0 bridgehead atoms. The molecule has 0 saturated carbocycles. The SMILES string of the molecule is Cn1cc(NC(=O)c2ccc(I)c(O)c2)cn1. The number of rotatable bonds is 2. The van der Waals surface area contributed by atoms with Gasteiger partial charge in [0, 0.05) is 18.8 Å². The van der Waals surface area contributed by atoms with Gasteiger partial charge < -0.3 is 10.4 Å². The molecule has 1 heterocycles. The van der Waals surface area contributed by atoms with Crippen LogP contribution in [0, 0.1) is 3.57 Å². The lowest BCUT2D eigenvalue weighted by atomic mass is 10.2. The number of halogens is 1. The summed E-state index contributed by atoms with van der Waals surface area (Å²) < 4.78 is 2.31. The number of amides is 1. The van der Waals surface area contributed by atoms with Gasteiger partial charge in [-0.25, -0.2) is 0 Å². The zero-order valence-electron chi connectivity index (χ0n) is 9.01. The number of aryl methyl sites for hydroxylation is 1. The van der Waals surface area contributed by atoms with E-state index in [-0.39, 0.29) is 11.7 Å². The van der Waals surface area contributed by atoms with Crippen molar-refractivity contribution in [2.45, 2.75) is 0 Å². The third-order valence-corrected chi connectivity index (χ3v) is 3.08. The Hall–Kier alpha value is -1.57. The van der Waals surface area contributed by atoms with Crippen LogP contribution in [-0.2, 0) is 7.05 Å². The van der Waals surface area contributed by atoms with Gasteiger partial charge in [-0.15, -0.1) is 0 Å². The van der Waals surface area contributed by atoms with Gasteiger partial charge in [0.2, 0.25) is 0 Å². The van der Waals surface area contributed by atoms with Gasteiger partial charge in [-0.3, -0.25) is 9.48 Å². The molecule has 17 heavy (non-hydrogen) atoms. The summed E-state index contributed by atoms with van der Waals surface area (Å²) in [6.07, 6.45) is 3.26. The Morgan fingerprint density at radius 3 is 2.88 bits per heavy atom. The summed E-state index contributed by atoms with van der Waals surface area (Å²) in [4.78, 5) is 11.8. The monoisotopic (exact) mass is 343 g/mol. The molecule has 0 unspecified atom stereocenters. The number of nitrogens with one attached hydrogen (secondary N) is 1. The highest BCUT2D eigenvalue weighted by Crippen LogP contribution is 2.21. The molecule has 0 aliphatic heterocycles. The van der Waals surface area contributed by atoms with Crippen LogP contribution in [0.15, 0.2) is 30.6 Å². The molecule has 1 aromatic carbocycles. The van der Waals surface area contributed by atoms with Gasteiger partial charge in [0.05, 0.1) is 15.5 Å². The predicted molar refractivity (Wildman–Crippen MR) is 72.0 cm³/mol. The smallest absolute Gasteiger partial charge is 0.255 e. The third kappa shape index (κ3) is 2.76. The zero-order chi connectivity index (χ0) is 12.4. The minimum Gasteiger partial charge on any atom is -0.507 e. The Bertz CT molecular complexity index is 566. The number of phenolic OH excluding ortho intramolecular Hbond substituents is 1. The topological polar surface area (TPSA) is 67.2 Å². The molecule has 0 aliphatic rings. The number of phenols is 1. The van der Waals surface area contributed by atoms with Crippen LogP contribution in [-0.4, -0.2) is 20.8 Å². The Morgan fingerprint density at radius 1 is 1.53 bits per heavy atom. The summed E-state index contributed by atoms with van der Waals surface area (Å²) in [7, 11) is 1.77. The quantitative estimate of drug-likeness (QED) is 0.820. The number of hydrogen-bond donors (Lipinski definition) is 2. The fourth-order valence-electron chi connectivity index (χ4n) is 1.34. The fourth-order valence-corrected chi connectivity index (χ4v) is 1.68. The molecular weight excluding hydrogens is 333 g/mol. The summed E-state index contributed by atoms with van der Waals surface area (Å²) >= 11 is 2.00. The number of aromatic hydroxyl groups is 1. The van der Waals surface area contributed by atoms with Crippen LogP contribution in [0.4, 0.5) is 5.69 Å². The first kappa shape index (κ1) is 11.9. The molecule has 0 aliphatic carbocycles. The molecule has 2 rings (SSSR count). The van der Waals surface area contributed by atoms with Crippen molar-refractivity contribution in [3.63, 3.8) is 0 Å². The molecule has 0 fully saturated rings. The van der Waals surface area contributed by atoms with E-state index in [2.05, 4.69) is 10.4 Å². The fraction of sp³-hybridized carbons (Fsp3) is 0.0909. The zero-order valence-corrected chi connectivity index (χ0v) is 11.2. The van der Waals surface area contributed by atoms with Crippen LogP contribution in [0.1, 0.15) is 10.4 Å². The lowest BCUT2D eigenvalue weighted by Gasteiger charge is -2.03. The van der Waals surface area contributed by atoms with Crippen molar-refractivity contribution in [2.24, 2.45) is 7.05 Å². The van der Waals surface area contributed by atoms with E-state index in [9.17, 15) is 9.90 Å². The van der Waals surface area contributed by atoms with Crippen LogP contribution >= 0.6 is 22.6 Å². The highest BCUT2D eigenvalue weighted by atomic mass is 127. The van der Waals surface area contributed by atoms with Gasteiger partial charge in [-0.1, -0.05) is 0 Å². The van der Waals surface area contributed by atoms with E-state index in [1.54, 1.807) is 36.3 Å². The molecule has 2 aromatic rings. The molecular formula is C11H10IN3O2. The number of aromatic nitrogens is 2. The van der Waals surface area contributed by atoms with Crippen LogP contribution in [0.25, 0.3) is 0 Å². The molecule has 0 saturated heterocycles. The van der Waals surface area contributed by atoms with Gasteiger partial charge in [0.1, 0.15) is 5.75 Å². The summed E-state index contributed by atoms with van der Waals surface area (Å²) in [5.41, 5.74) is 1.03. The lowest BCUT2D eigenvalue weighted by molar-refractivity contribution is 0.102. The number of anilines is 1. The number of carbonyl (C=O) groups is 1. The number of carbonyl (C=O) groups excluding carboxylic acids is 1. The van der Waals surface area contributed by atoms with Gasteiger partial charge in [-0.2, -0.15) is 5.10 Å². The van der Waals surface area contributed by atoms with Crippen LogP contribution in [0.5, 0.6) is 5.75 Å². The summed E-state index contributed by atoms with van der Waals surface area (Å²) in [5, 5.41) is 16.2. The average molecular weight is 343 g/mol. The molecule has 0 spiro atoms. The molecule has 1 aromatic heterocycles. The van der Waals surface area contributed by atoms with Crippen molar-refractivity contribution in [3.05, 3.63) is 39.7 Å².